The van der Waals surface area contributed by atoms with Gasteiger partial charge in [-0.1, -0.05) is 0 Å². The summed E-state index contributed by atoms with van der Waals surface area (Å²) >= 11 is 0. The van der Waals surface area contributed by atoms with Gasteiger partial charge in [0.05, 0.1) is 0 Å². The number of alkyl halides is 2. The Balaban J connectivity index is 1.84. The highest BCUT2D eigenvalue weighted by Crippen LogP contribution is 2.38. The zero-order chi connectivity index (χ0) is 11.4. The molecule has 1 atom stereocenters. The van der Waals surface area contributed by atoms with Crippen LogP contribution in [0.5, 0.6) is 0 Å². The van der Waals surface area contributed by atoms with Gasteiger partial charge >= 0.3 is 0 Å². The number of hydrogen-bond acceptors (Lipinski definition) is 2. The first-order valence-corrected chi connectivity index (χ1v) is 6.35. The van der Waals surface area contributed by atoms with Gasteiger partial charge in [0, 0.05) is 25.6 Å². The van der Waals surface area contributed by atoms with Crippen molar-refractivity contribution >= 4 is 0 Å². The molecule has 0 spiro atoms. The molecule has 4 heteroatoms. The van der Waals surface area contributed by atoms with Crippen LogP contribution in [0.1, 0.15) is 32.1 Å². The maximum atomic E-state index is 14.0. The first-order valence-electron chi connectivity index (χ1n) is 6.35. The van der Waals surface area contributed by atoms with Crippen molar-refractivity contribution in [3.63, 3.8) is 0 Å². The highest BCUT2D eigenvalue weighted by molar-refractivity contribution is 4.83. The average molecular weight is 233 g/mol. The molecule has 0 aliphatic carbocycles. The maximum Gasteiger partial charge on any atom is 0.251 e. The fourth-order valence-corrected chi connectivity index (χ4v) is 2.77. The number of rotatable bonds is 3. The molecule has 0 aromatic carbocycles. The Morgan fingerprint density at radius 3 is 2.56 bits per heavy atom. The molecular weight excluding hydrogens is 212 g/mol. The van der Waals surface area contributed by atoms with Gasteiger partial charge in [-0.15, -0.1) is 0 Å². The second-order valence-electron chi connectivity index (χ2n) is 5.06. The minimum atomic E-state index is -2.49. The summed E-state index contributed by atoms with van der Waals surface area (Å²) < 4.78 is 33.2. The molecule has 2 heterocycles. The highest BCUT2D eigenvalue weighted by Gasteiger charge is 2.41. The topological polar surface area (TPSA) is 21.3 Å². The molecule has 1 N–H and O–H groups in total. The van der Waals surface area contributed by atoms with Crippen LogP contribution in [0.2, 0.25) is 0 Å². The molecule has 94 valence electrons. The summed E-state index contributed by atoms with van der Waals surface area (Å²) in [5.74, 6) is -2.79. The molecule has 2 fully saturated rings. The van der Waals surface area contributed by atoms with E-state index in [-0.39, 0.29) is 12.3 Å². The molecule has 0 aromatic heterocycles. The quantitative estimate of drug-likeness (QED) is 0.808. The summed E-state index contributed by atoms with van der Waals surface area (Å²) in [6.07, 6.45) is 3.09. The van der Waals surface area contributed by atoms with E-state index in [1.165, 1.54) is 0 Å². The molecule has 0 aromatic rings. The van der Waals surface area contributed by atoms with E-state index < -0.39 is 11.8 Å². The van der Waals surface area contributed by atoms with E-state index in [0.29, 0.717) is 26.1 Å². The molecule has 16 heavy (non-hydrogen) atoms. The predicted molar refractivity (Wildman–Crippen MR) is 58.7 cm³/mol. The van der Waals surface area contributed by atoms with Crippen LogP contribution in [0, 0.1) is 11.8 Å². The molecule has 0 bridgehead atoms. The third kappa shape index (κ3) is 3.14. The largest absolute Gasteiger partial charge is 0.381 e. The summed E-state index contributed by atoms with van der Waals surface area (Å²) in [4.78, 5) is 0. The molecule has 2 nitrogen and oxygen atoms in total. The SMILES string of the molecule is FC(F)(CC1CCCNC1)C1CCOCC1. The van der Waals surface area contributed by atoms with E-state index in [1.807, 2.05) is 0 Å². The Bertz CT molecular complexity index is 211. The third-order valence-corrected chi connectivity index (χ3v) is 3.78. The van der Waals surface area contributed by atoms with Crippen molar-refractivity contribution in [3.05, 3.63) is 0 Å². The van der Waals surface area contributed by atoms with Gasteiger partial charge < -0.3 is 10.1 Å². The van der Waals surface area contributed by atoms with Crippen LogP contribution in [0.3, 0.4) is 0 Å². The molecule has 0 radical (unpaired) electrons. The van der Waals surface area contributed by atoms with Crippen molar-refractivity contribution in [3.8, 4) is 0 Å². The molecule has 1 unspecified atom stereocenters. The highest BCUT2D eigenvalue weighted by atomic mass is 19.3. The standard InChI is InChI=1S/C12H21F2NO/c13-12(14,11-3-6-16-7-4-11)8-10-2-1-5-15-9-10/h10-11,15H,1-9H2. The maximum absolute atomic E-state index is 14.0. The number of hydrogen-bond donors (Lipinski definition) is 1. The fraction of sp³-hybridized carbons (Fsp3) is 1.00. The molecule has 2 rings (SSSR count). The fourth-order valence-electron chi connectivity index (χ4n) is 2.77. The number of nitrogens with one attached hydrogen (secondary N) is 1. The second kappa shape index (κ2) is 5.41. The van der Waals surface area contributed by atoms with Gasteiger partial charge in [-0.05, 0) is 44.7 Å². The Morgan fingerprint density at radius 1 is 1.19 bits per heavy atom. The lowest BCUT2D eigenvalue weighted by atomic mass is 9.84. The molecular formula is C12H21F2NO. The van der Waals surface area contributed by atoms with Crippen molar-refractivity contribution in [1.29, 1.82) is 0 Å². The van der Waals surface area contributed by atoms with E-state index in [0.717, 1.165) is 25.9 Å². The summed E-state index contributed by atoms with van der Waals surface area (Å²) in [5.41, 5.74) is 0. The van der Waals surface area contributed by atoms with Gasteiger partial charge in [0.2, 0.25) is 0 Å². The van der Waals surface area contributed by atoms with Gasteiger partial charge in [0.1, 0.15) is 0 Å². The van der Waals surface area contributed by atoms with Gasteiger partial charge in [0.15, 0.2) is 0 Å². The first kappa shape index (κ1) is 12.2. The normalized spacial score (nSPS) is 29.2. The van der Waals surface area contributed by atoms with Crippen LogP contribution >= 0.6 is 0 Å². The van der Waals surface area contributed by atoms with Crippen molar-refractivity contribution in [2.45, 2.75) is 38.0 Å². The number of piperidine rings is 1. The molecule has 0 amide bonds. The van der Waals surface area contributed by atoms with Crippen molar-refractivity contribution in [1.82, 2.24) is 5.32 Å². The van der Waals surface area contributed by atoms with Crippen molar-refractivity contribution < 1.29 is 13.5 Å². The lowest BCUT2D eigenvalue weighted by molar-refractivity contribution is -0.111. The Hall–Kier alpha value is -0.220. The zero-order valence-corrected chi connectivity index (χ0v) is 9.68. The summed E-state index contributed by atoms with van der Waals surface area (Å²) in [6.45, 7) is 2.75. The molecule has 2 aliphatic heterocycles. The minimum absolute atomic E-state index is 0.0602. The van der Waals surface area contributed by atoms with Crippen molar-refractivity contribution in [2.24, 2.45) is 11.8 Å². The van der Waals surface area contributed by atoms with E-state index in [9.17, 15) is 8.78 Å². The van der Waals surface area contributed by atoms with Crippen LogP contribution < -0.4 is 5.32 Å². The smallest absolute Gasteiger partial charge is 0.251 e. The third-order valence-electron chi connectivity index (χ3n) is 3.78. The monoisotopic (exact) mass is 233 g/mol. The Labute approximate surface area is 95.7 Å². The van der Waals surface area contributed by atoms with Crippen LogP contribution in [0.15, 0.2) is 0 Å². The number of halogens is 2. The van der Waals surface area contributed by atoms with Crippen LogP contribution in [-0.4, -0.2) is 32.2 Å². The summed E-state index contributed by atoms with van der Waals surface area (Å²) in [5, 5.41) is 3.20. The van der Waals surface area contributed by atoms with Gasteiger partial charge in [-0.25, -0.2) is 8.78 Å². The van der Waals surface area contributed by atoms with E-state index in [2.05, 4.69) is 5.32 Å². The molecule has 2 aliphatic rings. The van der Waals surface area contributed by atoms with Gasteiger partial charge in [-0.2, -0.15) is 0 Å². The van der Waals surface area contributed by atoms with E-state index >= 15 is 0 Å². The van der Waals surface area contributed by atoms with Crippen LogP contribution in [-0.2, 0) is 4.74 Å². The molecule has 2 saturated heterocycles. The summed E-state index contributed by atoms with van der Waals surface area (Å²) in [6, 6.07) is 0. The number of ether oxygens (including phenoxy) is 1. The predicted octanol–water partition coefficient (Wildman–Crippen LogP) is 2.44. The first-order chi connectivity index (χ1) is 7.68. The lowest BCUT2D eigenvalue weighted by Crippen LogP contribution is -2.39. The minimum Gasteiger partial charge on any atom is -0.381 e. The van der Waals surface area contributed by atoms with E-state index in [1.54, 1.807) is 0 Å². The zero-order valence-electron chi connectivity index (χ0n) is 9.68. The van der Waals surface area contributed by atoms with Crippen molar-refractivity contribution in [2.75, 3.05) is 26.3 Å². The molecule has 0 saturated carbocycles. The average Bonchev–Trinajstić information content (AvgIpc) is 2.31. The van der Waals surface area contributed by atoms with Gasteiger partial charge in [0.25, 0.3) is 5.92 Å². The second-order valence-corrected chi connectivity index (χ2v) is 5.06. The lowest BCUT2D eigenvalue weighted by Gasteiger charge is -2.33. The van der Waals surface area contributed by atoms with Crippen LogP contribution in [0.25, 0.3) is 0 Å². The Morgan fingerprint density at radius 2 is 1.94 bits per heavy atom. The van der Waals surface area contributed by atoms with Crippen LogP contribution in [0.4, 0.5) is 8.78 Å². The van der Waals surface area contributed by atoms with E-state index in [4.69, 9.17) is 4.74 Å². The Kier molecular flexibility index (Phi) is 4.14. The summed E-state index contributed by atoms with van der Waals surface area (Å²) in [7, 11) is 0. The van der Waals surface area contributed by atoms with Gasteiger partial charge in [-0.3, -0.25) is 0 Å².